The van der Waals surface area contributed by atoms with E-state index >= 15 is 0 Å². The first-order valence-corrected chi connectivity index (χ1v) is 4.43. The van der Waals surface area contributed by atoms with Crippen molar-refractivity contribution in [2.75, 3.05) is 0 Å². The predicted octanol–water partition coefficient (Wildman–Crippen LogP) is 3.62. The van der Waals surface area contributed by atoms with Crippen LogP contribution in [0.2, 0.25) is 0 Å². The molecule has 0 unspecified atom stereocenters. The standard InChI is InChI=1S/C10H5ClF4O/c11-9(16)4-1-6-5-7(10(13,14)15)2-3-8(6)12/h1-5H/b4-1+. The lowest BCUT2D eigenvalue weighted by atomic mass is 10.1. The SMILES string of the molecule is O=C(Cl)/C=C/c1cc(C(F)(F)F)ccc1F. The highest BCUT2D eigenvalue weighted by molar-refractivity contribution is 6.66. The number of carbonyl (C=O) groups is 1. The Morgan fingerprint density at radius 3 is 2.44 bits per heavy atom. The summed E-state index contributed by atoms with van der Waals surface area (Å²) < 4.78 is 49.8. The first-order chi connectivity index (χ1) is 7.30. The second-order valence-electron chi connectivity index (χ2n) is 2.87. The van der Waals surface area contributed by atoms with Crippen LogP contribution in [0.15, 0.2) is 24.3 Å². The lowest BCUT2D eigenvalue weighted by Gasteiger charge is -2.07. The third kappa shape index (κ3) is 3.34. The maximum atomic E-state index is 13.0. The van der Waals surface area contributed by atoms with Gasteiger partial charge in [0.15, 0.2) is 0 Å². The Hall–Kier alpha value is -1.36. The van der Waals surface area contributed by atoms with Crippen LogP contribution >= 0.6 is 11.6 Å². The minimum atomic E-state index is -4.55. The molecule has 1 aromatic rings. The fourth-order valence-electron chi connectivity index (χ4n) is 1.00. The van der Waals surface area contributed by atoms with Crippen molar-refractivity contribution in [3.63, 3.8) is 0 Å². The molecule has 0 heterocycles. The van der Waals surface area contributed by atoms with E-state index in [4.69, 9.17) is 11.6 Å². The Balaban J connectivity index is 3.14. The summed E-state index contributed by atoms with van der Waals surface area (Å²) in [5.74, 6) is -0.859. The van der Waals surface area contributed by atoms with Gasteiger partial charge in [-0.05, 0) is 42.0 Å². The molecule has 0 amide bonds. The van der Waals surface area contributed by atoms with E-state index in [0.29, 0.717) is 18.2 Å². The van der Waals surface area contributed by atoms with Crippen LogP contribution in [0.25, 0.3) is 6.08 Å². The van der Waals surface area contributed by atoms with Gasteiger partial charge in [-0.15, -0.1) is 0 Å². The van der Waals surface area contributed by atoms with E-state index in [-0.39, 0.29) is 5.56 Å². The molecule has 0 aliphatic carbocycles. The molecule has 0 spiro atoms. The lowest BCUT2D eigenvalue weighted by Crippen LogP contribution is -2.05. The molecule has 0 atom stereocenters. The highest BCUT2D eigenvalue weighted by atomic mass is 35.5. The molecule has 0 bridgehead atoms. The molecule has 0 aliphatic rings. The molecular weight excluding hydrogens is 248 g/mol. The van der Waals surface area contributed by atoms with Crippen LogP contribution in [0.3, 0.4) is 0 Å². The number of halogens is 5. The fourth-order valence-corrected chi connectivity index (χ4v) is 1.07. The van der Waals surface area contributed by atoms with Gasteiger partial charge in [0, 0.05) is 5.56 Å². The minimum Gasteiger partial charge on any atom is -0.276 e. The summed E-state index contributed by atoms with van der Waals surface area (Å²) in [6.45, 7) is 0. The van der Waals surface area contributed by atoms with Crippen molar-refractivity contribution in [1.82, 2.24) is 0 Å². The van der Waals surface area contributed by atoms with Gasteiger partial charge >= 0.3 is 6.18 Å². The van der Waals surface area contributed by atoms with Gasteiger partial charge in [0.05, 0.1) is 5.56 Å². The molecule has 0 aliphatic heterocycles. The third-order valence-electron chi connectivity index (χ3n) is 1.72. The Morgan fingerprint density at radius 1 is 1.31 bits per heavy atom. The minimum absolute atomic E-state index is 0.344. The van der Waals surface area contributed by atoms with Gasteiger partial charge in [0.2, 0.25) is 5.24 Å². The molecule has 0 fully saturated rings. The number of benzene rings is 1. The van der Waals surface area contributed by atoms with E-state index in [1.54, 1.807) is 0 Å². The monoisotopic (exact) mass is 252 g/mol. The van der Waals surface area contributed by atoms with Gasteiger partial charge in [-0.25, -0.2) is 4.39 Å². The molecule has 1 nitrogen and oxygen atoms in total. The highest BCUT2D eigenvalue weighted by Crippen LogP contribution is 2.30. The Morgan fingerprint density at radius 2 is 1.94 bits per heavy atom. The molecule has 1 rings (SSSR count). The number of allylic oxidation sites excluding steroid dienone is 1. The van der Waals surface area contributed by atoms with Crippen LogP contribution in [0.1, 0.15) is 11.1 Å². The van der Waals surface area contributed by atoms with Crippen molar-refractivity contribution >= 4 is 22.9 Å². The largest absolute Gasteiger partial charge is 0.416 e. The second-order valence-corrected chi connectivity index (χ2v) is 3.24. The Bertz CT molecular complexity index is 437. The molecule has 0 radical (unpaired) electrons. The van der Waals surface area contributed by atoms with Gasteiger partial charge in [-0.3, -0.25) is 4.79 Å². The first-order valence-electron chi connectivity index (χ1n) is 4.05. The van der Waals surface area contributed by atoms with Crippen LogP contribution in [0.4, 0.5) is 17.6 Å². The maximum absolute atomic E-state index is 13.0. The normalized spacial score (nSPS) is 12.1. The van der Waals surface area contributed by atoms with E-state index in [1.165, 1.54) is 0 Å². The van der Waals surface area contributed by atoms with E-state index in [1.807, 2.05) is 0 Å². The van der Waals surface area contributed by atoms with Crippen molar-refractivity contribution in [3.05, 3.63) is 41.2 Å². The number of hydrogen-bond donors (Lipinski definition) is 0. The molecule has 6 heteroatoms. The zero-order valence-corrected chi connectivity index (χ0v) is 8.44. The van der Waals surface area contributed by atoms with E-state index in [0.717, 1.165) is 12.2 Å². The number of alkyl halides is 3. The maximum Gasteiger partial charge on any atom is 0.416 e. The van der Waals surface area contributed by atoms with Crippen molar-refractivity contribution < 1.29 is 22.4 Å². The summed E-state index contributed by atoms with van der Waals surface area (Å²) in [4.78, 5) is 10.3. The van der Waals surface area contributed by atoms with Gasteiger partial charge in [-0.1, -0.05) is 0 Å². The Labute approximate surface area is 93.3 Å². The molecule has 0 aromatic heterocycles. The van der Waals surface area contributed by atoms with Gasteiger partial charge < -0.3 is 0 Å². The molecule has 0 saturated heterocycles. The van der Waals surface area contributed by atoms with Crippen LogP contribution in [0, 0.1) is 5.82 Å². The smallest absolute Gasteiger partial charge is 0.276 e. The van der Waals surface area contributed by atoms with E-state index in [9.17, 15) is 22.4 Å². The number of rotatable bonds is 2. The fraction of sp³-hybridized carbons (Fsp3) is 0.100. The number of carbonyl (C=O) groups excluding carboxylic acids is 1. The molecule has 86 valence electrons. The van der Waals surface area contributed by atoms with Crippen molar-refractivity contribution in [3.8, 4) is 0 Å². The molecular formula is C10H5ClF4O. The Kier molecular flexibility index (Phi) is 3.70. The zero-order valence-electron chi connectivity index (χ0n) is 7.68. The average molecular weight is 253 g/mol. The predicted molar refractivity (Wildman–Crippen MR) is 51.3 cm³/mol. The van der Waals surface area contributed by atoms with Gasteiger partial charge in [0.1, 0.15) is 5.82 Å². The van der Waals surface area contributed by atoms with Gasteiger partial charge in [-0.2, -0.15) is 13.2 Å². The summed E-state index contributed by atoms with van der Waals surface area (Å²) >= 11 is 4.94. The topological polar surface area (TPSA) is 17.1 Å². The van der Waals surface area contributed by atoms with E-state index in [2.05, 4.69) is 0 Å². The van der Waals surface area contributed by atoms with E-state index < -0.39 is 22.8 Å². The van der Waals surface area contributed by atoms with Crippen LogP contribution < -0.4 is 0 Å². The molecule has 1 aromatic carbocycles. The average Bonchev–Trinajstić information content (AvgIpc) is 2.14. The summed E-state index contributed by atoms with van der Waals surface area (Å²) in [5.41, 5.74) is -1.33. The molecule has 16 heavy (non-hydrogen) atoms. The third-order valence-corrected chi connectivity index (χ3v) is 1.84. The first kappa shape index (κ1) is 12.7. The summed E-state index contributed by atoms with van der Waals surface area (Å²) in [5, 5.41) is -0.892. The van der Waals surface area contributed by atoms with Crippen LogP contribution in [-0.2, 0) is 11.0 Å². The summed E-state index contributed by atoms with van der Waals surface area (Å²) in [7, 11) is 0. The number of hydrogen-bond acceptors (Lipinski definition) is 1. The van der Waals surface area contributed by atoms with Crippen molar-refractivity contribution in [2.45, 2.75) is 6.18 Å². The molecule has 0 N–H and O–H groups in total. The highest BCUT2D eigenvalue weighted by Gasteiger charge is 2.30. The second kappa shape index (κ2) is 4.65. The van der Waals surface area contributed by atoms with Gasteiger partial charge in [0.25, 0.3) is 0 Å². The molecule has 0 saturated carbocycles. The quantitative estimate of drug-likeness (QED) is 0.446. The summed E-state index contributed by atoms with van der Waals surface area (Å²) in [6.07, 6.45) is -2.89. The summed E-state index contributed by atoms with van der Waals surface area (Å²) in [6, 6.07) is 1.90. The lowest BCUT2D eigenvalue weighted by molar-refractivity contribution is -0.137. The van der Waals surface area contributed by atoms with Crippen molar-refractivity contribution in [1.29, 1.82) is 0 Å². The zero-order chi connectivity index (χ0) is 12.3. The van der Waals surface area contributed by atoms with Crippen molar-refractivity contribution in [2.24, 2.45) is 0 Å². The van der Waals surface area contributed by atoms with Crippen LogP contribution in [-0.4, -0.2) is 5.24 Å². The van der Waals surface area contributed by atoms with Crippen LogP contribution in [0.5, 0.6) is 0 Å².